The van der Waals surface area contributed by atoms with Gasteiger partial charge in [-0.15, -0.1) is 0 Å². The Balaban J connectivity index is 2.90. The number of hydrogen-bond acceptors (Lipinski definition) is 9. The molecular weight excluding hydrogens is 433 g/mol. The van der Waals surface area contributed by atoms with E-state index in [4.69, 9.17) is 0 Å². The van der Waals surface area contributed by atoms with Crippen molar-refractivity contribution in [1.29, 1.82) is 0 Å². The van der Waals surface area contributed by atoms with Gasteiger partial charge >= 0.3 is 0 Å². The maximum atomic E-state index is 4.20. The number of thioether (sulfide) groups is 2. The van der Waals surface area contributed by atoms with Gasteiger partial charge in [0.2, 0.25) is 0 Å². The first kappa shape index (κ1) is 24.1. The predicted molar refractivity (Wildman–Crippen MR) is 129 cm³/mol. The zero-order valence-corrected chi connectivity index (χ0v) is 19.9. The van der Waals surface area contributed by atoms with Crippen molar-refractivity contribution >= 4 is 101 Å². The Labute approximate surface area is 169 Å². The molecule has 0 unspecified atom stereocenters. The van der Waals surface area contributed by atoms with Crippen LogP contribution in [0.4, 0.5) is 0 Å². The minimum absolute atomic E-state index is 0.994. The lowest BCUT2D eigenvalue weighted by Crippen LogP contribution is -1.90. The fourth-order valence-electron chi connectivity index (χ4n) is 0.991. The molecule has 0 aromatic heterocycles. The molecule has 0 aromatic carbocycles. The molecule has 0 N–H and O–H groups in total. The molecule has 0 atom stereocenters. The fourth-order valence-corrected chi connectivity index (χ4v) is 10.8. The quantitative estimate of drug-likeness (QED) is 0.138. The maximum Gasteiger partial charge on any atom is 0.0128 e. The van der Waals surface area contributed by atoms with Crippen molar-refractivity contribution in [2.75, 3.05) is 63.3 Å². The summed E-state index contributed by atoms with van der Waals surface area (Å²) >= 11 is 8.40. The Morgan fingerprint density at radius 1 is 0.524 bits per heavy atom. The van der Waals surface area contributed by atoms with Crippen LogP contribution in [0.15, 0.2) is 0 Å². The van der Waals surface area contributed by atoms with Crippen molar-refractivity contribution < 1.29 is 0 Å². The Morgan fingerprint density at radius 3 is 1.29 bits per heavy atom. The van der Waals surface area contributed by atoms with Crippen molar-refractivity contribution in [2.45, 2.75) is 6.92 Å². The average Bonchev–Trinajstić information content (AvgIpc) is 2.50. The summed E-state index contributed by atoms with van der Waals surface area (Å²) in [5.41, 5.74) is 0. The molecule has 0 aliphatic carbocycles. The van der Waals surface area contributed by atoms with E-state index in [2.05, 4.69) is 43.1 Å². The Kier molecular flexibility index (Phi) is 26.6. The summed E-state index contributed by atoms with van der Waals surface area (Å²) in [5, 5.41) is 0. The summed E-state index contributed by atoms with van der Waals surface area (Å²) in [5.74, 6) is 13.7. The van der Waals surface area contributed by atoms with Gasteiger partial charge in [0.15, 0.2) is 0 Å². The third kappa shape index (κ3) is 23.1. The van der Waals surface area contributed by atoms with Crippen molar-refractivity contribution in [2.24, 2.45) is 0 Å². The van der Waals surface area contributed by atoms with Crippen LogP contribution >= 0.6 is 101 Å². The molecule has 0 fully saturated rings. The van der Waals surface area contributed by atoms with Gasteiger partial charge in [0, 0.05) is 63.3 Å². The highest BCUT2D eigenvalue weighted by Crippen LogP contribution is 2.26. The highest BCUT2D eigenvalue weighted by Gasteiger charge is 1.95. The van der Waals surface area contributed by atoms with Gasteiger partial charge < -0.3 is 0 Å². The van der Waals surface area contributed by atoms with E-state index in [0.717, 1.165) is 5.75 Å². The molecule has 0 aliphatic heterocycles. The third-order valence-electron chi connectivity index (χ3n) is 1.79. The van der Waals surface area contributed by atoms with E-state index >= 15 is 0 Å². The molecule has 0 saturated carbocycles. The fraction of sp³-hybridized carbons (Fsp3) is 1.00. The van der Waals surface area contributed by atoms with Gasteiger partial charge in [0.25, 0.3) is 0 Å². The minimum atomic E-state index is 0.994. The van der Waals surface area contributed by atoms with Gasteiger partial charge in [0.05, 0.1) is 0 Å². The van der Waals surface area contributed by atoms with Crippen LogP contribution in [0.25, 0.3) is 0 Å². The highest BCUT2D eigenvalue weighted by atomic mass is 33.1. The first-order chi connectivity index (χ1) is 10.4. The number of thiol groups is 1. The molecule has 128 valence electrons. The number of hydrogen-bond donors (Lipinski definition) is 1. The monoisotopic (exact) mass is 458 g/mol. The predicted octanol–water partition coefficient (Wildman–Crippen LogP) is 6.55. The first-order valence-electron chi connectivity index (χ1n) is 6.91. The molecule has 0 amide bonds. The second kappa shape index (κ2) is 23.1. The van der Waals surface area contributed by atoms with Crippen LogP contribution in [0.2, 0.25) is 0 Å². The van der Waals surface area contributed by atoms with Gasteiger partial charge in [-0.1, -0.05) is 71.7 Å². The van der Waals surface area contributed by atoms with Crippen LogP contribution in [0.3, 0.4) is 0 Å². The lowest BCUT2D eigenvalue weighted by molar-refractivity contribution is 1.49. The highest BCUT2D eigenvalue weighted by molar-refractivity contribution is 8.77. The van der Waals surface area contributed by atoms with E-state index in [1.807, 2.05) is 64.8 Å². The lowest BCUT2D eigenvalue weighted by Gasteiger charge is -2.03. The molecule has 21 heavy (non-hydrogen) atoms. The summed E-state index contributed by atoms with van der Waals surface area (Å²) in [6.07, 6.45) is 0. The van der Waals surface area contributed by atoms with Gasteiger partial charge in [-0.25, -0.2) is 0 Å². The molecule has 0 spiro atoms. The Morgan fingerprint density at radius 2 is 0.905 bits per heavy atom. The van der Waals surface area contributed by atoms with Gasteiger partial charge in [-0.05, 0) is 0 Å². The van der Waals surface area contributed by atoms with Crippen LogP contribution in [0.1, 0.15) is 6.92 Å². The van der Waals surface area contributed by atoms with Crippen molar-refractivity contribution in [3.8, 4) is 0 Å². The second-order valence-corrected chi connectivity index (χ2v) is 14.6. The van der Waals surface area contributed by atoms with Gasteiger partial charge in [-0.2, -0.15) is 36.2 Å². The van der Waals surface area contributed by atoms with Crippen LogP contribution < -0.4 is 0 Å². The van der Waals surface area contributed by atoms with E-state index < -0.39 is 0 Å². The van der Waals surface area contributed by atoms with Crippen LogP contribution in [-0.2, 0) is 0 Å². The standard InChI is InChI=1S/C12H26S9/c1-2-16-18-9-5-14-7-11-20-21-12-8-15-6-10-19-17-4-3-13/h13H,2-12H2,1H3. The zero-order valence-electron chi connectivity index (χ0n) is 12.5. The SMILES string of the molecule is CCSSCCSCCSSCCSCCSSCCS. The Hall–Kier alpha value is 3.15. The molecule has 0 saturated heterocycles. The smallest absolute Gasteiger partial charge is 0.0128 e. The normalized spacial score (nSPS) is 11.1. The van der Waals surface area contributed by atoms with Gasteiger partial charge in [-0.3, -0.25) is 0 Å². The van der Waals surface area contributed by atoms with Crippen LogP contribution in [-0.4, -0.2) is 63.3 Å². The van der Waals surface area contributed by atoms with Crippen LogP contribution in [0.5, 0.6) is 0 Å². The Bertz CT molecular complexity index is 164. The molecule has 0 nitrogen and oxygen atoms in total. The van der Waals surface area contributed by atoms with E-state index in [1.165, 1.54) is 57.5 Å². The first-order valence-corrected chi connectivity index (χ1v) is 17.3. The summed E-state index contributed by atoms with van der Waals surface area (Å²) in [7, 11) is 12.0. The van der Waals surface area contributed by atoms with E-state index in [9.17, 15) is 0 Å². The maximum absolute atomic E-state index is 4.20. The summed E-state index contributed by atoms with van der Waals surface area (Å²) in [6, 6.07) is 0. The average molecular weight is 459 g/mol. The summed E-state index contributed by atoms with van der Waals surface area (Å²) in [6.45, 7) is 2.22. The van der Waals surface area contributed by atoms with E-state index in [-0.39, 0.29) is 0 Å². The second-order valence-electron chi connectivity index (χ2n) is 3.46. The van der Waals surface area contributed by atoms with Gasteiger partial charge in [0.1, 0.15) is 0 Å². The zero-order chi connectivity index (χ0) is 15.4. The molecule has 0 radical (unpaired) electrons. The molecule has 0 bridgehead atoms. The minimum Gasteiger partial charge on any atom is -0.178 e. The molecule has 0 aromatic rings. The molecule has 0 aliphatic rings. The lowest BCUT2D eigenvalue weighted by atomic mass is 10.9. The summed E-state index contributed by atoms with van der Waals surface area (Å²) in [4.78, 5) is 0. The topological polar surface area (TPSA) is 0 Å². The van der Waals surface area contributed by atoms with E-state index in [0.29, 0.717) is 0 Å². The largest absolute Gasteiger partial charge is 0.178 e. The van der Waals surface area contributed by atoms with Crippen molar-refractivity contribution in [1.82, 2.24) is 0 Å². The summed E-state index contributed by atoms with van der Waals surface area (Å²) < 4.78 is 0. The molecule has 0 heterocycles. The van der Waals surface area contributed by atoms with Crippen molar-refractivity contribution in [3.63, 3.8) is 0 Å². The van der Waals surface area contributed by atoms with Crippen molar-refractivity contribution in [3.05, 3.63) is 0 Å². The molecule has 9 heteroatoms. The third-order valence-corrected chi connectivity index (χ3v) is 12.6. The molecular formula is C12H26S9. The van der Waals surface area contributed by atoms with Crippen LogP contribution in [0, 0.1) is 0 Å². The number of rotatable bonds is 18. The van der Waals surface area contributed by atoms with E-state index in [1.54, 1.807) is 0 Å². The molecule has 0 rings (SSSR count).